The lowest BCUT2D eigenvalue weighted by Crippen LogP contribution is -2.12. The fraction of sp³-hybridized carbons (Fsp3) is 0.150. The number of aromatic amines is 1. The zero-order valence-electron chi connectivity index (χ0n) is 14.0. The number of fused-ring (bicyclic) bond motifs is 1. The van der Waals surface area contributed by atoms with Crippen molar-refractivity contribution in [2.24, 2.45) is 0 Å². The molecule has 1 fully saturated rings. The lowest BCUT2D eigenvalue weighted by atomic mass is 10.2. The molecule has 1 saturated carbocycles. The molecule has 4 aromatic rings. The molecule has 1 aliphatic rings. The van der Waals surface area contributed by atoms with E-state index in [0.29, 0.717) is 11.6 Å². The Morgan fingerprint density at radius 3 is 2.73 bits per heavy atom. The Hall–Kier alpha value is -3.41. The van der Waals surface area contributed by atoms with Gasteiger partial charge in [0, 0.05) is 23.0 Å². The van der Waals surface area contributed by atoms with Crippen LogP contribution in [0.3, 0.4) is 0 Å². The van der Waals surface area contributed by atoms with E-state index in [2.05, 4.69) is 20.5 Å². The van der Waals surface area contributed by atoms with Gasteiger partial charge in [-0.3, -0.25) is 14.5 Å². The van der Waals surface area contributed by atoms with Crippen molar-refractivity contribution in [1.29, 1.82) is 0 Å². The first-order valence-electron chi connectivity index (χ1n) is 8.67. The fourth-order valence-corrected chi connectivity index (χ4v) is 3.12. The third kappa shape index (κ3) is 2.65. The lowest BCUT2D eigenvalue weighted by Gasteiger charge is -2.07. The van der Waals surface area contributed by atoms with Gasteiger partial charge in [-0.15, -0.1) is 0 Å². The minimum absolute atomic E-state index is 0.200. The van der Waals surface area contributed by atoms with Crippen molar-refractivity contribution in [1.82, 2.24) is 19.7 Å². The van der Waals surface area contributed by atoms with E-state index in [4.69, 9.17) is 0 Å². The molecule has 1 amide bonds. The van der Waals surface area contributed by atoms with Gasteiger partial charge in [-0.25, -0.2) is 4.98 Å². The number of carbonyl (C=O) groups excluding carboxylic acids is 1. The number of amides is 1. The standard InChI is InChI=1S/C20H17N5O/c26-20(18-11-17(23-24-18)13-5-6-13)22-14-7-9-15(10-8-14)25-12-21-16-3-1-2-4-19(16)25/h1-4,7-13H,5-6H2,(H,22,26)(H,23,24). The van der Waals surface area contributed by atoms with Crippen LogP contribution in [0.2, 0.25) is 0 Å². The molecule has 2 aromatic carbocycles. The van der Waals surface area contributed by atoms with Crippen molar-refractivity contribution in [3.63, 3.8) is 0 Å². The summed E-state index contributed by atoms with van der Waals surface area (Å²) in [6.45, 7) is 0. The molecule has 2 N–H and O–H groups in total. The molecule has 0 aliphatic heterocycles. The SMILES string of the molecule is O=C(Nc1ccc(-n2cnc3ccccc32)cc1)c1cc(C2CC2)[nH]n1. The highest BCUT2D eigenvalue weighted by molar-refractivity contribution is 6.03. The number of benzene rings is 2. The number of aromatic nitrogens is 4. The molecule has 0 unspecified atom stereocenters. The maximum atomic E-state index is 12.4. The lowest BCUT2D eigenvalue weighted by molar-refractivity contribution is 0.102. The van der Waals surface area contributed by atoms with Crippen LogP contribution in [0.1, 0.15) is 34.9 Å². The fourth-order valence-electron chi connectivity index (χ4n) is 3.12. The van der Waals surface area contributed by atoms with Gasteiger partial charge < -0.3 is 5.32 Å². The number of nitrogens with zero attached hydrogens (tertiary/aromatic N) is 3. The van der Waals surface area contributed by atoms with Crippen LogP contribution < -0.4 is 5.32 Å². The molecule has 0 spiro atoms. The third-order valence-electron chi connectivity index (χ3n) is 4.70. The van der Waals surface area contributed by atoms with E-state index in [1.165, 1.54) is 12.8 Å². The molecule has 128 valence electrons. The van der Waals surface area contributed by atoms with E-state index in [9.17, 15) is 4.79 Å². The number of hydrogen-bond acceptors (Lipinski definition) is 3. The van der Waals surface area contributed by atoms with Crippen molar-refractivity contribution >= 4 is 22.6 Å². The summed E-state index contributed by atoms with van der Waals surface area (Å²) in [5.74, 6) is 0.349. The molecule has 5 rings (SSSR count). The molecule has 0 bridgehead atoms. The van der Waals surface area contributed by atoms with E-state index >= 15 is 0 Å². The van der Waals surface area contributed by atoms with Gasteiger partial charge in [0.25, 0.3) is 5.91 Å². The van der Waals surface area contributed by atoms with E-state index in [0.717, 1.165) is 28.1 Å². The number of H-pyrrole nitrogens is 1. The molecule has 1 aliphatic carbocycles. The van der Waals surface area contributed by atoms with Crippen LogP contribution in [0, 0.1) is 0 Å². The second-order valence-corrected chi connectivity index (χ2v) is 6.59. The van der Waals surface area contributed by atoms with Crippen LogP contribution in [0.15, 0.2) is 60.9 Å². The maximum absolute atomic E-state index is 12.4. The predicted molar refractivity (Wildman–Crippen MR) is 99.6 cm³/mol. The van der Waals surface area contributed by atoms with Gasteiger partial charge in [0.2, 0.25) is 0 Å². The molecule has 0 radical (unpaired) electrons. The first kappa shape index (κ1) is 14.9. The Morgan fingerprint density at radius 2 is 1.92 bits per heavy atom. The van der Waals surface area contributed by atoms with Crippen molar-refractivity contribution in [2.45, 2.75) is 18.8 Å². The van der Waals surface area contributed by atoms with Crippen LogP contribution in [0.5, 0.6) is 0 Å². The highest BCUT2D eigenvalue weighted by atomic mass is 16.1. The summed E-state index contributed by atoms with van der Waals surface area (Å²) in [6, 6.07) is 17.5. The summed E-state index contributed by atoms with van der Waals surface area (Å²) < 4.78 is 2.02. The topological polar surface area (TPSA) is 75.6 Å². The van der Waals surface area contributed by atoms with Gasteiger partial charge in [0.05, 0.1) is 11.0 Å². The molecular weight excluding hydrogens is 326 g/mol. The number of rotatable bonds is 4. The summed E-state index contributed by atoms with van der Waals surface area (Å²) in [4.78, 5) is 16.8. The van der Waals surface area contributed by atoms with Gasteiger partial charge in [0.1, 0.15) is 6.33 Å². The molecule has 2 aromatic heterocycles. The number of anilines is 1. The highest BCUT2D eigenvalue weighted by Crippen LogP contribution is 2.39. The number of hydrogen-bond donors (Lipinski definition) is 2. The summed E-state index contributed by atoms with van der Waals surface area (Å²) in [5, 5.41) is 9.97. The van der Waals surface area contributed by atoms with Crippen molar-refractivity contribution in [3.8, 4) is 5.69 Å². The zero-order valence-corrected chi connectivity index (χ0v) is 14.0. The molecule has 6 nitrogen and oxygen atoms in total. The van der Waals surface area contributed by atoms with Gasteiger partial charge in [-0.1, -0.05) is 12.1 Å². The van der Waals surface area contributed by atoms with Crippen LogP contribution >= 0.6 is 0 Å². The second kappa shape index (κ2) is 5.84. The third-order valence-corrected chi connectivity index (χ3v) is 4.70. The largest absolute Gasteiger partial charge is 0.321 e. The molecule has 26 heavy (non-hydrogen) atoms. The first-order valence-corrected chi connectivity index (χ1v) is 8.67. The minimum Gasteiger partial charge on any atom is -0.321 e. The zero-order chi connectivity index (χ0) is 17.5. The number of imidazole rings is 1. The summed E-state index contributed by atoms with van der Waals surface area (Å²) in [5.41, 5.74) is 5.21. The maximum Gasteiger partial charge on any atom is 0.276 e. The van der Waals surface area contributed by atoms with E-state index < -0.39 is 0 Å². The predicted octanol–water partition coefficient (Wildman–Crippen LogP) is 3.88. The van der Waals surface area contributed by atoms with E-state index in [-0.39, 0.29) is 5.91 Å². The Kier molecular flexibility index (Phi) is 3.35. The quantitative estimate of drug-likeness (QED) is 0.590. The second-order valence-electron chi connectivity index (χ2n) is 6.59. The average Bonchev–Trinajstić information content (AvgIpc) is 3.24. The van der Waals surface area contributed by atoms with Crippen molar-refractivity contribution < 1.29 is 4.79 Å². The smallest absolute Gasteiger partial charge is 0.276 e. The van der Waals surface area contributed by atoms with Crippen molar-refractivity contribution in [2.75, 3.05) is 5.32 Å². The van der Waals surface area contributed by atoms with Crippen LogP contribution in [0.4, 0.5) is 5.69 Å². The van der Waals surface area contributed by atoms with Gasteiger partial charge in [-0.2, -0.15) is 5.10 Å². The number of carbonyl (C=O) groups is 1. The highest BCUT2D eigenvalue weighted by Gasteiger charge is 2.26. The van der Waals surface area contributed by atoms with Gasteiger partial charge >= 0.3 is 0 Å². The van der Waals surface area contributed by atoms with Crippen LogP contribution in [-0.2, 0) is 0 Å². The summed E-state index contributed by atoms with van der Waals surface area (Å²) in [7, 11) is 0. The monoisotopic (exact) mass is 343 g/mol. The molecular formula is C20H17N5O. The Morgan fingerprint density at radius 1 is 1.12 bits per heavy atom. The normalized spacial score (nSPS) is 13.8. The molecule has 0 saturated heterocycles. The Balaban J connectivity index is 1.35. The minimum atomic E-state index is -0.200. The molecule has 0 atom stereocenters. The molecule has 2 heterocycles. The van der Waals surface area contributed by atoms with Gasteiger partial charge in [0.15, 0.2) is 5.69 Å². The van der Waals surface area contributed by atoms with Crippen molar-refractivity contribution in [3.05, 3.63) is 72.3 Å². The van der Waals surface area contributed by atoms with Crippen LogP contribution in [-0.4, -0.2) is 25.7 Å². The van der Waals surface area contributed by atoms with Gasteiger partial charge in [-0.05, 0) is 55.3 Å². The summed E-state index contributed by atoms with van der Waals surface area (Å²) >= 11 is 0. The Labute approximate surface area is 149 Å². The summed E-state index contributed by atoms with van der Waals surface area (Å²) in [6.07, 6.45) is 4.16. The van der Waals surface area contributed by atoms with E-state index in [1.54, 1.807) is 6.33 Å². The molecule has 6 heteroatoms. The number of para-hydroxylation sites is 2. The number of nitrogens with one attached hydrogen (secondary N) is 2. The first-order chi connectivity index (χ1) is 12.8. The average molecular weight is 343 g/mol. The van der Waals surface area contributed by atoms with E-state index in [1.807, 2.05) is 59.2 Å². The Bertz CT molecular complexity index is 1090. The van der Waals surface area contributed by atoms with Crippen LogP contribution in [0.25, 0.3) is 16.7 Å².